The van der Waals surface area contributed by atoms with Gasteiger partial charge in [0, 0.05) is 5.92 Å². The molecule has 0 heterocycles. The Morgan fingerprint density at radius 1 is 0.688 bits per heavy atom. The monoisotopic (exact) mass is 441 g/mol. The molecule has 0 aromatic rings. The maximum atomic E-state index is 9.66. The second-order valence-corrected chi connectivity index (χ2v) is 15.4. The zero-order valence-electron chi connectivity index (χ0n) is 22.5. The second-order valence-electron chi connectivity index (χ2n) is 15.4. The molecule has 5 rings (SSSR count). The first-order chi connectivity index (χ1) is 14.8. The van der Waals surface area contributed by atoms with Gasteiger partial charge in [-0.3, -0.25) is 0 Å². The lowest BCUT2D eigenvalue weighted by molar-refractivity contribution is -0.254. The quantitative estimate of drug-likeness (QED) is 0.296. The molecule has 0 aromatic heterocycles. The summed E-state index contributed by atoms with van der Waals surface area (Å²) in [6.07, 6.45) is 15.0. The molecule has 2 nitrogen and oxygen atoms in total. The zero-order valence-corrected chi connectivity index (χ0v) is 22.5. The number of oxime groups is 1. The summed E-state index contributed by atoms with van der Waals surface area (Å²) in [5, 5.41) is 13.4. The number of rotatable bonds is 0. The van der Waals surface area contributed by atoms with E-state index in [-0.39, 0.29) is 0 Å². The highest BCUT2D eigenvalue weighted by Crippen LogP contribution is 2.78. The van der Waals surface area contributed by atoms with Gasteiger partial charge in [0.15, 0.2) is 0 Å². The molecule has 0 spiro atoms. The fourth-order valence-electron chi connectivity index (χ4n) is 11.3. The Balaban J connectivity index is 1.54. The molecule has 0 aromatic carbocycles. The van der Waals surface area contributed by atoms with E-state index in [4.69, 9.17) is 0 Å². The summed E-state index contributed by atoms with van der Waals surface area (Å²) in [5.74, 6) is 2.92. The predicted molar refractivity (Wildman–Crippen MR) is 134 cm³/mol. The first kappa shape index (κ1) is 23.2. The maximum absolute atomic E-state index is 9.66. The van der Waals surface area contributed by atoms with E-state index < -0.39 is 0 Å². The van der Waals surface area contributed by atoms with Gasteiger partial charge in [0.25, 0.3) is 0 Å². The molecule has 0 unspecified atom stereocenters. The molecule has 5 saturated carbocycles. The van der Waals surface area contributed by atoms with Crippen molar-refractivity contribution in [3.8, 4) is 0 Å². The average Bonchev–Trinajstić information content (AvgIpc) is 2.72. The van der Waals surface area contributed by atoms with Crippen LogP contribution in [0.1, 0.15) is 126 Å². The van der Waals surface area contributed by atoms with Crippen molar-refractivity contribution in [3.05, 3.63) is 0 Å². The summed E-state index contributed by atoms with van der Waals surface area (Å²) in [4.78, 5) is 0. The van der Waals surface area contributed by atoms with Gasteiger partial charge >= 0.3 is 0 Å². The highest BCUT2D eigenvalue weighted by molar-refractivity contribution is 5.87. The average molecular weight is 442 g/mol. The summed E-state index contributed by atoms with van der Waals surface area (Å²) in [6, 6.07) is 0. The van der Waals surface area contributed by atoms with Crippen molar-refractivity contribution in [2.24, 2.45) is 61.3 Å². The predicted octanol–water partition coefficient (Wildman–Crippen LogP) is 8.72. The Labute approximate surface area is 198 Å². The number of hydrogen-bond acceptors (Lipinski definition) is 2. The first-order valence-electron chi connectivity index (χ1n) is 14.0. The van der Waals surface area contributed by atoms with Crippen LogP contribution in [0.15, 0.2) is 5.16 Å². The minimum absolute atomic E-state index is 0.297. The Hall–Kier alpha value is -0.530. The van der Waals surface area contributed by atoms with Crippen LogP contribution in [-0.4, -0.2) is 10.9 Å². The van der Waals surface area contributed by atoms with E-state index in [9.17, 15) is 5.21 Å². The molecule has 2 heteroatoms. The first-order valence-corrected chi connectivity index (χ1v) is 14.0. The van der Waals surface area contributed by atoms with Gasteiger partial charge in [0.1, 0.15) is 0 Å². The van der Waals surface area contributed by atoms with E-state index in [0.717, 1.165) is 29.9 Å². The molecule has 5 aliphatic carbocycles. The molecule has 0 amide bonds. The van der Waals surface area contributed by atoms with Gasteiger partial charge in [-0.05, 0) is 121 Å². The van der Waals surface area contributed by atoms with Gasteiger partial charge in [0.2, 0.25) is 0 Å². The molecule has 0 radical (unpaired) electrons. The highest BCUT2D eigenvalue weighted by atomic mass is 16.4. The van der Waals surface area contributed by atoms with Gasteiger partial charge in [-0.25, -0.2) is 0 Å². The van der Waals surface area contributed by atoms with E-state index in [0.29, 0.717) is 38.4 Å². The molecule has 182 valence electrons. The zero-order chi connectivity index (χ0) is 23.4. The molecule has 32 heavy (non-hydrogen) atoms. The fraction of sp³-hybridized carbons (Fsp3) is 0.967. The van der Waals surface area contributed by atoms with Crippen molar-refractivity contribution in [2.45, 2.75) is 126 Å². The normalized spacial score (nSPS) is 58.3. The number of nitrogens with zero attached hydrogens (tertiary/aromatic N) is 1. The van der Waals surface area contributed by atoms with E-state index in [2.05, 4.69) is 60.5 Å². The molecule has 0 bridgehead atoms. The molecular weight excluding hydrogens is 390 g/mol. The summed E-state index contributed by atoms with van der Waals surface area (Å²) in [5.41, 5.74) is 3.82. The standard InChI is InChI=1S/C30H51NO/c1-20-21(31-32)9-10-22-27(20,5)12-11-23-28(22,6)16-18-30(8)24-19-25(2,3)13-14-26(24,4)15-17-29(23,30)7/h20,22-24,32H,9-19H2,1-8H3/t20-,22+,23-,24+,26+,27+,28-,29+,30-/m0/s1. The second kappa shape index (κ2) is 6.78. The van der Waals surface area contributed by atoms with E-state index >= 15 is 0 Å². The van der Waals surface area contributed by atoms with Crippen LogP contribution in [0.4, 0.5) is 0 Å². The van der Waals surface area contributed by atoms with E-state index in [1.165, 1.54) is 64.2 Å². The van der Waals surface area contributed by atoms with Crippen LogP contribution < -0.4 is 0 Å². The Morgan fingerprint density at radius 3 is 2.00 bits per heavy atom. The van der Waals surface area contributed by atoms with Crippen molar-refractivity contribution in [1.29, 1.82) is 0 Å². The summed E-state index contributed by atoms with van der Waals surface area (Å²) in [6.45, 7) is 20.9. The fourth-order valence-corrected chi connectivity index (χ4v) is 11.3. The van der Waals surface area contributed by atoms with Crippen molar-refractivity contribution in [3.63, 3.8) is 0 Å². The number of fused-ring (bicyclic) bond motifs is 7. The number of hydrogen-bond donors (Lipinski definition) is 1. The Kier molecular flexibility index (Phi) is 4.92. The largest absolute Gasteiger partial charge is 0.411 e. The third-order valence-electron chi connectivity index (χ3n) is 13.9. The summed E-state index contributed by atoms with van der Waals surface area (Å²) in [7, 11) is 0. The van der Waals surface area contributed by atoms with Gasteiger partial charge in [-0.15, -0.1) is 0 Å². The lowest BCUT2D eigenvalue weighted by atomic mass is 9.30. The van der Waals surface area contributed by atoms with Gasteiger partial charge < -0.3 is 5.21 Å². The smallest absolute Gasteiger partial charge is 0.0604 e. The van der Waals surface area contributed by atoms with Gasteiger partial charge in [-0.2, -0.15) is 0 Å². The molecular formula is C30H51NO. The van der Waals surface area contributed by atoms with Crippen LogP contribution in [0.2, 0.25) is 0 Å². The SMILES string of the molecule is C[C@H]1C(=NO)CC[C@@H]2[C@]1(C)CC[C@H]1[C@@]2(C)CC[C@@]2(C)[C@@H]3CC(C)(C)CC[C@]3(C)CC[C@]12C. The van der Waals surface area contributed by atoms with Crippen LogP contribution in [0.25, 0.3) is 0 Å². The minimum Gasteiger partial charge on any atom is -0.411 e. The van der Waals surface area contributed by atoms with Crippen LogP contribution in [0, 0.1) is 56.2 Å². The molecule has 5 aliphatic rings. The Bertz CT molecular complexity index is 816. The van der Waals surface area contributed by atoms with Gasteiger partial charge in [0.05, 0.1) is 5.71 Å². The van der Waals surface area contributed by atoms with Crippen LogP contribution in [-0.2, 0) is 0 Å². The third kappa shape index (κ3) is 2.73. The molecule has 1 N–H and O–H groups in total. The van der Waals surface area contributed by atoms with Crippen molar-refractivity contribution in [1.82, 2.24) is 0 Å². The molecule has 0 aliphatic heterocycles. The lowest BCUT2D eigenvalue weighted by Gasteiger charge is -2.75. The summed E-state index contributed by atoms with van der Waals surface area (Å²) >= 11 is 0. The minimum atomic E-state index is 0.297. The lowest BCUT2D eigenvalue weighted by Crippen LogP contribution is -2.67. The maximum Gasteiger partial charge on any atom is 0.0604 e. The summed E-state index contributed by atoms with van der Waals surface area (Å²) < 4.78 is 0. The van der Waals surface area contributed by atoms with Crippen LogP contribution >= 0.6 is 0 Å². The highest BCUT2D eigenvalue weighted by Gasteiger charge is 2.70. The Morgan fingerprint density at radius 2 is 1.31 bits per heavy atom. The van der Waals surface area contributed by atoms with Crippen molar-refractivity contribution in [2.75, 3.05) is 0 Å². The van der Waals surface area contributed by atoms with E-state index in [1.807, 2.05) is 0 Å². The van der Waals surface area contributed by atoms with Crippen LogP contribution in [0.3, 0.4) is 0 Å². The molecule has 0 saturated heterocycles. The van der Waals surface area contributed by atoms with E-state index in [1.54, 1.807) is 0 Å². The van der Waals surface area contributed by atoms with Crippen LogP contribution in [0.5, 0.6) is 0 Å². The van der Waals surface area contributed by atoms with Crippen molar-refractivity contribution >= 4 is 5.71 Å². The third-order valence-corrected chi connectivity index (χ3v) is 13.9. The van der Waals surface area contributed by atoms with Crippen molar-refractivity contribution < 1.29 is 5.21 Å². The topological polar surface area (TPSA) is 32.6 Å². The van der Waals surface area contributed by atoms with Gasteiger partial charge in [-0.1, -0.05) is 60.5 Å². The molecule has 5 fully saturated rings. The molecule has 9 atom stereocenters.